The summed E-state index contributed by atoms with van der Waals surface area (Å²) in [6, 6.07) is 8.29. The maximum absolute atomic E-state index is 14.4. The summed E-state index contributed by atoms with van der Waals surface area (Å²) in [5.74, 6) is 2.65. The van der Waals surface area contributed by atoms with Crippen molar-refractivity contribution in [2.24, 2.45) is 5.92 Å². The Morgan fingerprint density at radius 2 is 1.94 bits per heavy atom. The maximum Gasteiger partial charge on any atom is 0.227 e. The smallest absolute Gasteiger partial charge is 0.227 e. The van der Waals surface area contributed by atoms with Crippen molar-refractivity contribution in [1.29, 1.82) is 0 Å². The summed E-state index contributed by atoms with van der Waals surface area (Å²) in [4.78, 5) is 17.8. The van der Waals surface area contributed by atoms with Gasteiger partial charge >= 0.3 is 0 Å². The van der Waals surface area contributed by atoms with E-state index in [1.807, 2.05) is 6.20 Å². The van der Waals surface area contributed by atoms with E-state index in [2.05, 4.69) is 52.2 Å². The molecule has 0 saturated carbocycles. The molecule has 2 N–H and O–H groups in total. The lowest BCUT2D eigenvalue weighted by Gasteiger charge is -2.41. The van der Waals surface area contributed by atoms with Crippen LogP contribution in [0.1, 0.15) is 38.7 Å². The summed E-state index contributed by atoms with van der Waals surface area (Å²) in [7, 11) is 1.75. The fourth-order valence-corrected chi connectivity index (χ4v) is 5.08. The number of halogens is 1. The first kappa shape index (κ1) is 24.6. The molecule has 2 aliphatic rings. The molecule has 0 spiro atoms. The lowest BCUT2D eigenvalue weighted by molar-refractivity contribution is -0.0332. The van der Waals surface area contributed by atoms with Crippen molar-refractivity contribution in [3.05, 3.63) is 42.2 Å². The Bertz CT molecular complexity index is 1230. The second-order valence-corrected chi connectivity index (χ2v) is 10.6. The summed E-state index contributed by atoms with van der Waals surface area (Å²) in [5, 5.41) is 15.8. The van der Waals surface area contributed by atoms with E-state index in [0.29, 0.717) is 42.4 Å². The molecule has 2 fully saturated rings. The van der Waals surface area contributed by atoms with Gasteiger partial charge in [0.25, 0.3) is 0 Å². The van der Waals surface area contributed by atoms with Gasteiger partial charge in [0, 0.05) is 56.1 Å². The number of aromatic nitrogens is 3. The molecule has 0 amide bonds. The molecule has 9 heteroatoms. The van der Waals surface area contributed by atoms with Crippen molar-refractivity contribution in [2.45, 2.75) is 44.9 Å². The highest BCUT2D eigenvalue weighted by atomic mass is 19.1. The maximum atomic E-state index is 14.4. The fourth-order valence-electron chi connectivity index (χ4n) is 5.08. The van der Waals surface area contributed by atoms with E-state index < -0.39 is 11.8 Å². The van der Waals surface area contributed by atoms with E-state index in [9.17, 15) is 9.50 Å². The first-order chi connectivity index (χ1) is 17.2. The van der Waals surface area contributed by atoms with Crippen LogP contribution in [-0.4, -0.2) is 71.7 Å². The number of hydrogen-bond donors (Lipinski definition) is 2. The van der Waals surface area contributed by atoms with E-state index in [0.717, 1.165) is 25.1 Å². The molecule has 8 nitrogen and oxygen atoms in total. The summed E-state index contributed by atoms with van der Waals surface area (Å²) in [5.41, 5.74) is 1.16. The van der Waals surface area contributed by atoms with E-state index in [-0.39, 0.29) is 6.54 Å². The molecule has 1 aromatic carbocycles. The Hall–Kier alpha value is -3.04. The fraction of sp³-hybridized carbons (Fsp3) is 0.519. The van der Waals surface area contributed by atoms with Crippen LogP contribution >= 0.6 is 0 Å². The van der Waals surface area contributed by atoms with E-state index >= 15 is 0 Å². The van der Waals surface area contributed by atoms with Gasteiger partial charge in [-0.1, -0.05) is 19.9 Å². The average Bonchev–Trinajstić information content (AvgIpc) is 2.82. The van der Waals surface area contributed by atoms with E-state index in [4.69, 9.17) is 9.72 Å². The number of fused-ring (bicyclic) bond motifs is 1. The van der Waals surface area contributed by atoms with Gasteiger partial charge in [-0.3, -0.25) is 0 Å². The number of aliphatic hydroxyl groups is 1. The highest BCUT2D eigenvalue weighted by Crippen LogP contribution is 2.37. The Labute approximate surface area is 211 Å². The standard InChI is InChI=1S/C27H35FN6O2/c1-17(2)19-5-6-22(34-13-18(14-34)16-36-4)21-12-30-25(11-20(19)21)31-24-7-9-29-26(32-24)33-10-8-27(3,35)23(28)15-33/h5-7,9,11-12,17-18,23,35H,8,10,13-16H2,1-4H3,(H,29,30,31,32)/t23-,27+/m0/s1. The van der Waals surface area contributed by atoms with Gasteiger partial charge in [-0.2, -0.15) is 4.98 Å². The first-order valence-corrected chi connectivity index (χ1v) is 12.6. The van der Waals surface area contributed by atoms with Crippen molar-refractivity contribution >= 4 is 34.0 Å². The van der Waals surface area contributed by atoms with Crippen LogP contribution in [0.25, 0.3) is 10.8 Å². The Morgan fingerprint density at radius 1 is 1.14 bits per heavy atom. The molecule has 2 aromatic heterocycles. The van der Waals surface area contributed by atoms with Crippen LogP contribution in [0.5, 0.6) is 0 Å². The number of rotatable bonds is 7. The van der Waals surface area contributed by atoms with Crippen LogP contribution in [0.2, 0.25) is 0 Å². The summed E-state index contributed by atoms with van der Waals surface area (Å²) in [6.07, 6.45) is 2.56. The number of hydrogen-bond acceptors (Lipinski definition) is 8. The van der Waals surface area contributed by atoms with Gasteiger partial charge in [-0.15, -0.1) is 0 Å². The van der Waals surface area contributed by atoms with Gasteiger partial charge < -0.3 is 25.0 Å². The van der Waals surface area contributed by atoms with Crippen LogP contribution in [-0.2, 0) is 4.74 Å². The number of piperidine rings is 1. The Morgan fingerprint density at radius 3 is 2.67 bits per heavy atom. The zero-order chi connectivity index (χ0) is 25.4. The second kappa shape index (κ2) is 9.78. The summed E-state index contributed by atoms with van der Waals surface area (Å²) < 4.78 is 19.7. The minimum Gasteiger partial charge on any atom is -0.387 e. The van der Waals surface area contributed by atoms with E-state index in [1.54, 1.807) is 24.3 Å². The molecule has 0 bridgehead atoms. The normalized spacial score (nSPS) is 22.8. The quantitative estimate of drug-likeness (QED) is 0.504. The highest BCUT2D eigenvalue weighted by Gasteiger charge is 2.38. The number of ether oxygens (including phenoxy) is 1. The van der Waals surface area contributed by atoms with Crippen LogP contribution in [0, 0.1) is 5.92 Å². The molecule has 36 heavy (non-hydrogen) atoms. The van der Waals surface area contributed by atoms with Gasteiger partial charge in [-0.05, 0) is 48.4 Å². The van der Waals surface area contributed by atoms with Gasteiger partial charge in [-0.25, -0.2) is 14.4 Å². The molecule has 192 valence electrons. The van der Waals surface area contributed by atoms with Crippen molar-refractivity contribution in [2.75, 3.05) is 55.0 Å². The number of pyridine rings is 1. The van der Waals surface area contributed by atoms with Crippen molar-refractivity contribution in [3.63, 3.8) is 0 Å². The van der Waals surface area contributed by atoms with Crippen LogP contribution < -0.4 is 15.1 Å². The second-order valence-electron chi connectivity index (χ2n) is 10.6. The monoisotopic (exact) mass is 494 g/mol. The topological polar surface area (TPSA) is 86.6 Å². The SMILES string of the molecule is COCC1CN(c2ccc(C(C)C)c3cc(Nc4ccnc(N5CC[C@@](C)(O)[C@@H](F)C5)n4)ncc23)C1. The minimum absolute atomic E-state index is 0.0624. The lowest BCUT2D eigenvalue weighted by Crippen LogP contribution is -2.52. The predicted octanol–water partition coefficient (Wildman–Crippen LogP) is 4.27. The molecule has 0 unspecified atom stereocenters. The summed E-state index contributed by atoms with van der Waals surface area (Å²) >= 11 is 0. The van der Waals surface area contributed by atoms with Crippen molar-refractivity contribution in [3.8, 4) is 0 Å². The average molecular weight is 495 g/mol. The van der Waals surface area contributed by atoms with Crippen molar-refractivity contribution in [1.82, 2.24) is 15.0 Å². The lowest BCUT2D eigenvalue weighted by atomic mass is 9.92. The molecule has 2 saturated heterocycles. The third-order valence-corrected chi connectivity index (χ3v) is 7.36. The third-order valence-electron chi connectivity index (χ3n) is 7.36. The molecule has 0 aliphatic carbocycles. The van der Waals surface area contributed by atoms with Crippen LogP contribution in [0.15, 0.2) is 36.7 Å². The zero-order valence-corrected chi connectivity index (χ0v) is 21.4. The number of nitrogens with one attached hydrogen (secondary N) is 1. The van der Waals surface area contributed by atoms with Gasteiger partial charge in [0.15, 0.2) is 0 Å². The third kappa shape index (κ3) is 4.82. The molecule has 3 aromatic rings. The predicted molar refractivity (Wildman–Crippen MR) is 141 cm³/mol. The Balaban J connectivity index is 1.39. The molecular formula is C27H35FN6O2. The minimum atomic E-state index is -1.35. The number of alkyl halides is 1. The molecule has 2 aliphatic heterocycles. The number of methoxy groups -OCH3 is 1. The highest BCUT2D eigenvalue weighted by molar-refractivity contribution is 5.98. The molecule has 5 rings (SSSR count). The molecule has 4 heterocycles. The van der Waals surface area contributed by atoms with Crippen molar-refractivity contribution < 1.29 is 14.2 Å². The first-order valence-electron chi connectivity index (χ1n) is 12.6. The molecule has 2 atom stereocenters. The molecule has 0 radical (unpaired) electrons. The Kier molecular flexibility index (Phi) is 6.70. The largest absolute Gasteiger partial charge is 0.387 e. The molecular weight excluding hydrogens is 459 g/mol. The number of benzene rings is 1. The zero-order valence-electron chi connectivity index (χ0n) is 21.4. The number of anilines is 4. The van der Waals surface area contributed by atoms with Crippen LogP contribution in [0.3, 0.4) is 0 Å². The van der Waals surface area contributed by atoms with Gasteiger partial charge in [0.2, 0.25) is 5.95 Å². The van der Waals surface area contributed by atoms with Gasteiger partial charge in [0.05, 0.1) is 18.8 Å². The van der Waals surface area contributed by atoms with E-state index in [1.165, 1.54) is 23.6 Å². The van der Waals surface area contributed by atoms with Crippen LogP contribution in [0.4, 0.5) is 27.7 Å². The van der Waals surface area contributed by atoms with Gasteiger partial charge in [0.1, 0.15) is 17.8 Å². The number of nitrogens with zero attached hydrogens (tertiary/aromatic N) is 5. The summed E-state index contributed by atoms with van der Waals surface area (Å²) in [6.45, 7) is 9.25.